The molecule has 2 N–H and O–H groups in total. The van der Waals surface area contributed by atoms with E-state index in [0.717, 1.165) is 11.0 Å². The summed E-state index contributed by atoms with van der Waals surface area (Å²) >= 11 is 0. The van der Waals surface area contributed by atoms with E-state index in [2.05, 4.69) is 4.98 Å². The Hall–Kier alpha value is -2.24. The van der Waals surface area contributed by atoms with Gasteiger partial charge in [0.25, 0.3) is 0 Å². The van der Waals surface area contributed by atoms with Gasteiger partial charge in [-0.15, -0.1) is 0 Å². The summed E-state index contributed by atoms with van der Waals surface area (Å²) in [6, 6.07) is 5.67. The third kappa shape index (κ3) is 2.84. The number of ether oxygens (including phenoxy) is 2. The number of aromatic nitrogens is 2. The Balaban J connectivity index is 2.14. The molecule has 0 atom stereocenters. The number of aryl methyl sites for hydroxylation is 1. The molecule has 1 aromatic heterocycles. The third-order valence-corrected chi connectivity index (χ3v) is 3.06. The average molecular weight is 277 g/mol. The van der Waals surface area contributed by atoms with Crippen molar-refractivity contribution in [3.8, 4) is 5.75 Å². The number of esters is 1. The van der Waals surface area contributed by atoms with Crippen molar-refractivity contribution in [3.63, 3.8) is 0 Å². The van der Waals surface area contributed by atoms with E-state index < -0.39 is 0 Å². The molecule has 6 nitrogen and oxygen atoms in total. The Morgan fingerprint density at radius 2 is 2.25 bits per heavy atom. The number of fused-ring (bicyclic) bond motifs is 1. The van der Waals surface area contributed by atoms with E-state index in [9.17, 15) is 4.79 Å². The normalized spacial score (nSPS) is 10.7. The highest BCUT2D eigenvalue weighted by atomic mass is 16.5. The zero-order valence-corrected chi connectivity index (χ0v) is 11.8. The van der Waals surface area contributed by atoms with Gasteiger partial charge in [-0.3, -0.25) is 4.79 Å². The molecule has 20 heavy (non-hydrogen) atoms. The molecule has 0 bridgehead atoms. The fraction of sp³-hybridized carbons (Fsp3) is 0.429. The van der Waals surface area contributed by atoms with Gasteiger partial charge in [-0.25, -0.2) is 4.98 Å². The Kier molecular flexibility index (Phi) is 4.45. The molecule has 1 heterocycles. The summed E-state index contributed by atoms with van der Waals surface area (Å²) in [5, 5.41) is 0. The molecule has 2 aromatic rings. The van der Waals surface area contributed by atoms with E-state index in [1.165, 1.54) is 0 Å². The van der Waals surface area contributed by atoms with Crippen LogP contribution in [-0.2, 0) is 16.1 Å². The number of imidazole rings is 1. The molecule has 0 aliphatic carbocycles. The van der Waals surface area contributed by atoms with Crippen molar-refractivity contribution in [3.05, 3.63) is 18.2 Å². The number of nitrogens with zero attached hydrogens (tertiary/aromatic N) is 2. The number of hydrogen-bond donors (Lipinski definition) is 1. The lowest BCUT2D eigenvalue weighted by Crippen LogP contribution is -2.08. The van der Waals surface area contributed by atoms with E-state index in [-0.39, 0.29) is 5.97 Å². The second-order valence-corrected chi connectivity index (χ2v) is 4.36. The van der Waals surface area contributed by atoms with Gasteiger partial charge in [-0.2, -0.15) is 0 Å². The molecular formula is C14H19N3O3. The van der Waals surface area contributed by atoms with E-state index >= 15 is 0 Å². The zero-order chi connectivity index (χ0) is 14.5. The van der Waals surface area contributed by atoms with Crippen LogP contribution in [0.4, 0.5) is 5.95 Å². The minimum absolute atomic E-state index is 0.187. The number of anilines is 1. The quantitative estimate of drug-likeness (QED) is 0.817. The standard InChI is InChI=1S/C14H19N3O3/c1-3-20-12(18)8-5-9-17-10-6-4-7-11(19-2)13(10)16-14(17)15/h4,6-7H,3,5,8-9H2,1-2H3,(H2,15,16). The number of methoxy groups -OCH3 is 1. The molecule has 0 spiro atoms. The predicted octanol–water partition coefficient (Wildman–Crippen LogP) is 1.97. The van der Waals surface area contributed by atoms with Crippen LogP contribution in [0.5, 0.6) is 5.75 Å². The molecule has 108 valence electrons. The molecule has 6 heteroatoms. The van der Waals surface area contributed by atoms with Crippen LogP contribution in [0.2, 0.25) is 0 Å². The van der Waals surface area contributed by atoms with Crippen LogP contribution >= 0.6 is 0 Å². The van der Waals surface area contributed by atoms with Crippen LogP contribution < -0.4 is 10.5 Å². The second kappa shape index (κ2) is 6.27. The van der Waals surface area contributed by atoms with Crippen LogP contribution in [0.3, 0.4) is 0 Å². The van der Waals surface area contributed by atoms with Gasteiger partial charge in [0.05, 0.1) is 19.2 Å². The van der Waals surface area contributed by atoms with Crippen LogP contribution in [0.1, 0.15) is 19.8 Å². The van der Waals surface area contributed by atoms with Crippen molar-refractivity contribution in [1.82, 2.24) is 9.55 Å². The molecule has 2 rings (SSSR count). The van der Waals surface area contributed by atoms with Crippen LogP contribution in [0.15, 0.2) is 18.2 Å². The number of rotatable bonds is 6. The van der Waals surface area contributed by atoms with Gasteiger partial charge < -0.3 is 19.8 Å². The number of carbonyl (C=O) groups is 1. The van der Waals surface area contributed by atoms with Crippen molar-refractivity contribution in [2.75, 3.05) is 19.5 Å². The summed E-state index contributed by atoms with van der Waals surface area (Å²) in [5.41, 5.74) is 7.58. The highest BCUT2D eigenvalue weighted by molar-refractivity contribution is 5.84. The predicted molar refractivity (Wildman–Crippen MR) is 76.6 cm³/mol. The van der Waals surface area contributed by atoms with Crippen molar-refractivity contribution in [2.24, 2.45) is 0 Å². The first-order valence-electron chi connectivity index (χ1n) is 6.61. The molecule has 1 aromatic carbocycles. The van der Waals surface area contributed by atoms with E-state index in [4.69, 9.17) is 15.2 Å². The number of nitrogen functional groups attached to an aromatic ring is 1. The summed E-state index contributed by atoms with van der Waals surface area (Å²) in [5.74, 6) is 0.930. The van der Waals surface area contributed by atoms with Gasteiger partial charge in [0.2, 0.25) is 5.95 Å². The van der Waals surface area contributed by atoms with Crippen molar-refractivity contribution in [2.45, 2.75) is 26.3 Å². The van der Waals surface area contributed by atoms with Crippen LogP contribution in [-0.4, -0.2) is 29.2 Å². The summed E-state index contributed by atoms with van der Waals surface area (Å²) in [7, 11) is 1.60. The monoisotopic (exact) mass is 277 g/mol. The fourth-order valence-electron chi connectivity index (χ4n) is 2.15. The van der Waals surface area contributed by atoms with E-state index in [1.54, 1.807) is 14.0 Å². The Labute approximate surface area is 117 Å². The van der Waals surface area contributed by atoms with Gasteiger partial charge in [0.1, 0.15) is 11.3 Å². The summed E-state index contributed by atoms with van der Waals surface area (Å²) in [6.07, 6.45) is 1.03. The highest BCUT2D eigenvalue weighted by Gasteiger charge is 2.12. The number of nitrogens with two attached hydrogens (primary N) is 1. The van der Waals surface area contributed by atoms with Gasteiger partial charge in [-0.1, -0.05) is 6.07 Å². The van der Waals surface area contributed by atoms with Gasteiger partial charge >= 0.3 is 5.97 Å². The second-order valence-electron chi connectivity index (χ2n) is 4.36. The summed E-state index contributed by atoms with van der Waals surface area (Å²) < 4.78 is 12.1. The Morgan fingerprint density at radius 1 is 1.45 bits per heavy atom. The Bertz CT molecular complexity index is 607. The third-order valence-electron chi connectivity index (χ3n) is 3.06. The molecule has 0 saturated carbocycles. The molecule has 0 saturated heterocycles. The summed E-state index contributed by atoms with van der Waals surface area (Å²) in [4.78, 5) is 15.6. The van der Waals surface area contributed by atoms with E-state index in [1.807, 2.05) is 22.8 Å². The number of carbonyl (C=O) groups excluding carboxylic acids is 1. The molecule has 0 fully saturated rings. The smallest absolute Gasteiger partial charge is 0.305 e. The van der Waals surface area contributed by atoms with Crippen LogP contribution in [0, 0.1) is 0 Å². The maximum Gasteiger partial charge on any atom is 0.305 e. The zero-order valence-electron chi connectivity index (χ0n) is 11.8. The number of benzene rings is 1. The molecule has 0 aliphatic heterocycles. The van der Waals surface area contributed by atoms with Crippen LogP contribution in [0.25, 0.3) is 11.0 Å². The molecule has 0 radical (unpaired) electrons. The topological polar surface area (TPSA) is 79.4 Å². The fourth-order valence-corrected chi connectivity index (χ4v) is 2.15. The highest BCUT2D eigenvalue weighted by Crippen LogP contribution is 2.26. The van der Waals surface area contributed by atoms with Gasteiger partial charge in [-0.05, 0) is 25.5 Å². The SMILES string of the molecule is CCOC(=O)CCCn1c(N)nc2c(OC)cccc21. The minimum atomic E-state index is -0.187. The lowest BCUT2D eigenvalue weighted by Gasteiger charge is -2.06. The van der Waals surface area contributed by atoms with Crippen molar-refractivity contribution in [1.29, 1.82) is 0 Å². The van der Waals surface area contributed by atoms with Gasteiger partial charge in [0, 0.05) is 13.0 Å². The maximum atomic E-state index is 11.3. The first-order chi connectivity index (χ1) is 9.67. The minimum Gasteiger partial charge on any atom is -0.494 e. The number of hydrogen-bond acceptors (Lipinski definition) is 5. The maximum absolute atomic E-state index is 11.3. The molecule has 0 unspecified atom stereocenters. The molecule has 0 aliphatic rings. The lowest BCUT2D eigenvalue weighted by molar-refractivity contribution is -0.143. The first kappa shape index (κ1) is 14.2. The van der Waals surface area contributed by atoms with Gasteiger partial charge in [0.15, 0.2) is 0 Å². The van der Waals surface area contributed by atoms with Crippen molar-refractivity contribution >= 4 is 23.0 Å². The summed E-state index contributed by atoms with van der Waals surface area (Å²) in [6.45, 7) is 2.83. The first-order valence-corrected chi connectivity index (χ1v) is 6.61. The van der Waals surface area contributed by atoms with E-state index in [0.29, 0.717) is 37.7 Å². The lowest BCUT2D eigenvalue weighted by atomic mass is 10.2. The number of para-hydroxylation sites is 1. The Morgan fingerprint density at radius 3 is 2.95 bits per heavy atom. The molecule has 0 amide bonds. The van der Waals surface area contributed by atoms with Crippen molar-refractivity contribution < 1.29 is 14.3 Å². The average Bonchev–Trinajstić information content (AvgIpc) is 2.75. The largest absolute Gasteiger partial charge is 0.494 e. The molecular weight excluding hydrogens is 258 g/mol.